The highest BCUT2D eigenvalue weighted by Crippen LogP contribution is 2.55. The molecule has 1 unspecified atom stereocenters. The van der Waals surface area contributed by atoms with Gasteiger partial charge < -0.3 is 10.2 Å². The second-order valence-corrected chi connectivity index (χ2v) is 8.54. The van der Waals surface area contributed by atoms with Gasteiger partial charge in [-0.25, -0.2) is 5.48 Å². The summed E-state index contributed by atoms with van der Waals surface area (Å²) in [6, 6.07) is 8.56. The number of benzene rings is 1. The number of rotatable bonds is 4. The van der Waals surface area contributed by atoms with Gasteiger partial charge in [-0.15, -0.1) is 0 Å². The minimum Gasteiger partial charge on any atom is -0.331 e. The molecule has 7 heteroatoms. The third kappa shape index (κ3) is 3.84. The number of ketones is 1. The minimum atomic E-state index is -0.863. The fourth-order valence-electron chi connectivity index (χ4n) is 4.83. The normalized spacial score (nSPS) is 27.9. The van der Waals surface area contributed by atoms with Gasteiger partial charge in [0.1, 0.15) is 6.04 Å². The van der Waals surface area contributed by atoms with Crippen LogP contribution in [0.4, 0.5) is 0 Å². The number of hydroxylamine groups is 1. The summed E-state index contributed by atoms with van der Waals surface area (Å²) in [4.78, 5) is 40.0. The summed E-state index contributed by atoms with van der Waals surface area (Å²) in [5.74, 6) is -1.69. The molecular formula is C22H27N3O4. The van der Waals surface area contributed by atoms with E-state index in [0.29, 0.717) is 25.9 Å². The van der Waals surface area contributed by atoms with Gasteiger partial charge in [0.05, 0.1) is 12.0 Å². The van der Waals surface area contributed by atoms with Crippen LogP contribution in [0.1, 0.15) is 38.2 Å². The van der Waals surface area contributed by atoms with Crippen LogP contribution in [-0.2, 0) is 14.4 Å². The van der Waals surface area contributed by atoms with E-state index in [9.17, 15) is 19.6 Å². The Hall–Kier alpha value is -2.51. The number of carbonyl (C=O) groups is 3. The number of nitrogens with one attached hydrogen (secondary N) is 2. The smallest absolute Gasteiger partial charge is 0.249 e. The Morgan fingerprint density at radius 2 is 1.93 bits per heavy atom. The third-order valence-corrected chi connectivity index (χ3v) is 6.60. The summed E-state index contributed by atoms with van der Waals surface area (Å²) < 4.78 is 0. The fraction of sp³-hybridized carbons (Fsp3) is 0.500. The number of nitrogens with zero attached hydrogens (tertiary/aromatic N) is 1. The van der Waals surface area contributed by atoms with E-state index >= 15 is 0 Å². The van der Waals surface area contributed by atoms with Gasteiger partial charge in [0.15, 0.2) is 5.78 Å². The van der Waals surface area contributed by atoms with Gasteiger partial charge in [-0.2, -0.15) is 0 Å². The monoisotopic (exact) mass is 397 g/mol. The van der Waals surface area contributed by atoms with Crippen molar-refractivity contribution in [3.63, 3.8) is 0 Å². The lowest BCUT2D eigenvalue weighted by molar-refractivity contribution is -0.153. The average Bonchev–Trinajstić information content (AvgIpc) is 3.51. The van der Waals surface area contributed by atoms with E-state index in [1.165, 1.54) is 6.92 Å². The number of carbonyl (C=O) groups excluding carboxylic acids is 3. The first kappa shape index (κ1) is 19.8. The first-order valence-electron chi connectivity index (χ1n) is 10.2. The Morgan fingerprint density at radius 1 is 1.21 bits per heavy atom. The second-order valence-electron chi connectivity index (χ2n) is 8.54. The molecule has 1 saturated heterocycles. The van der Waals surface area contributed by atoms with Crippen molar-refractivity contribution in [1.29, 1.82) is 0 Å². The van der Waals surface area contributed by atoms with Crippen LogP contribution in [0.5, 0.6) is 0 Å². The zero-order valence-corrected chi connectivity index (χ0v) is 16.6. The van der Waals surface area contributed by atoms with E-state index in [4.69, 9.17) is 0 Å². The van der Waals surface area contributed by atoms with Crippen molar-refractivity contribution >= 4 is 23.2 Å². The molecule has 7 nitrogen and oxygen atoms in total. The molecule has 2 fully saturated rings. The van der Waals surface area contributed by atoms with Crippen LogP contribution < -0.4 is 10.8 Å². The number of hydrogen-bond acceptors (Lipinski definition) is 5. The SMILES string of the molecule is CC(=O)N1CC2(CC2)C[C@H](C(=O)NO)[C@H]1C(=O)C1CC(c2ccccc2)=CCN1. The van der Waals surface area contributed by atoms with Gasteiger partial charge in [-0.1, -0.05) is 36.4 Å². The summed E-state index contributed by atoms with van der Waals surface area (Å²) >= 11 is 0. The maximum atomic E-state index is 13.6. The molecule has 0 aromatic heterocycles. The number of amides is 2. The highest BCUT2D eigenvalue weighted by molar-refractivity contribution is 5.98. The molecule has 1 aromatic rings. The zero-order valence-electron chi connectivity index (χ0n) is 16.6. The van der Waals surface area contributed by atoms with Crippen LogP contribution in [0, 0.1) is 11.3 Å². The van der Waals surface area contributed by atoms with Crippen molar-refractivity contribution < 1.29 is 19.6 Å². The van der Waals surface area contributed by atoms with E-state index in [1.807, 2.05) is 30.3 Å². The van der Waals surface area contributed by atoms with E-state index in [2.05, 4.69) is 11.4 Å². The maximum Gasteiger partial charge on any atom is 0.249 e. The fourth-order valence-corrected chi connectivity index (χ4v) is 4.83. The summed E-state index contributed by atoms with van der Waals surface area (Å²) in [5.41, 5.74) is 3.78. The van der Waals surface area contributed by atoms with E-state index in [0.717, 1.165) is 24.0 Å². The first-order chi connectivity index (χ1) is 13.9. The molecule has 154 valence electrons. The van der Waals surface area contributed by atoms with Crippen LogP contribution in [0.3, 0.4) is 0 Å². The molecule has 1 aliphatic carbocycles. The summed E-state index contributed by atoms with van der Waals surface area (Å²) in [6.45, 7) is 2.50. The van der Waals surface area contributed by atoms with Crippen molar-refractivity contribution in [2.45, 2.75) is 44.7 Å². The van der Waals surface area contributed by atoms with Gasteiger partial charge in [0.25, 0.3) is 0 Å². The summed E-state index contributed by atoms with van der Waals surface area (Å²) in [6.07, 6.45) is 4.97. The molecular weight excluding hydrogens is 370 g/mol. The number of piperidine rings is 1. The third-order valence-electron chi connectivity index (χ3n) is 6.60. The minimum absolute atomic E-state index is 0.0886. The highest BCUT2D eigenvalue weighted by Gasteiger charge is 2.56. The Morgan fingerprint density at radius 3 is 2.55 bits per heavy atom. The van der Waals surface area contributed by atoms with Gasteiger partial charge >= 0.3 is 0 Å². The maximum absolute atomic E-state index is 13.6. The number of hydrogen-bond donors (Lipinski definition) is 3. The molecule has 0 radical (unpaired) electrons. The van der Waals surface area contributed by atoms with Crippen LogP contribution in [0.2, 0.25) is 0 Å². The second kappa shape index (κ2) is 7.72. The standard InChI is InChI=1S/C22H27N3O4/c1-14(26)25-13-22(8-9-22)12-17(21(28)24-29)19(25)20(27)18-11-16(7-10-23-18)15-5-3-2-4-6-15/h2-7,17-19,23,29H,8-13H2,1H3,(H,24,28)/t17-,18?,19-/m0/s1. The molecule has 0 bridgehead atoms. The largest absolute Gasteiger partial charge is 0.331 e. The summed E-state index contributed by atoms with van der Waals surface area (Å²) in [5, 5.41) is 12.5. The quantitative estimate of drug-likeness (QED) is 0.529. The molecule has 3 N–H and O–H groups in total. The van der Waals surface area contributed by atoms with Crippen LogP contribution in [0.25, 0.3) is 5.57 Å². The van der Waals surface area contributed by atoms with Gasteiger partial charge in [-0.3, -0.25) is 19.6 Å². The number of Topliss-reactive ketones (excluding diaryl/α,β-unsaturated/α-hetero) is 1. The van der Waals surface area contributed by atoms with E-state index < -0.39 is 23.9 Å². The molecule has 2 amide bonds. The van der Waals surface area contributed by atoms with Crippen LogP contribution >= 0.6 is 0 Å². The lowest BCUT2D eigenvalue weighted by atomic mass is 9.76. The van der Waals surface area contributed by atoms with Gasteiger partial charge in [0, 0.05) is 20.0 Å². The van der Waals surface area contributed by atoms with Crippen molar-refractivity contribution in [3.8, 4) is 0 Å². The molecule has 1 saturated carbocycles. The van der Waals surface area contributed by atoms with E-state index in [-0.39, 0.29) is 17.1 Å². The van der Waals surface area contributed by atoms with Gasteiger partial charge in [0.2, 0.25) is 11.8 Å². The lowest BCUT2D eigenvalue weighted by Crippen LogP contribution is -2.62. The molecule has 2 heterocycles. The number of likely N-dealkylation sites (tertiary alicyclic amines) is 1. The molecule has 3 atom stereocenters. The predicted molar refractivity (Wildman–Crippen MR) is 107 cm³/mol. The van der Waals surface area contributed by atoms with Crippen molar-refractivity contribution in [3.05, 3.63) is 42.0 Å². The Labute approximate surface area is 170 Å². The topological polar surface area (TPSA) is 98.7 Å². The Balaban J connectivity index is 1.60. The van der Waals surface area contributed by atoms with Crippen molar-refractivity contribution in [2.75, 3.05) is 13.1 Å². The summed E-state index contributed by atoms with van der Waals surface area (Å²) in [7, 11) is 0. The lowest BCUT2D eigenvalue weighted by Gasteiger charge is -2.44. The van der Waals surface area contributed by atoms with Crippen LogP contribution in [-0.4, -0.2) is 52.9 Å². The zero-order chi connectivity index (χ0) is 20.6. The molecule has 2 aliphatic heterocycles. The molecule has 29 heavy (non-hydrogen) atoms. The average molecular weight is 397 g/mol. The Kier molecular flexibility index (Phi) is 5.27. The van der Waals surface area contributed by atoms with Crippen molar-refractivity contribution in [1.82, 2.24) is 15.7 Å². The molecule has 3 aliphatic rings. The van der Waals surface area contributed by atoms with E-state index in [1.54, 1.807) is 10.4 Å². The highest BCUT2D eigenvalue weighted by atomic mass is 16.5. The Bertz CT molecular complexity index is 847. The van der Waals surface area contributed by atoms with Gasteiger partial charge in [-0.05, 0) is 42.2 Å². The molecule has 1 spiro atoms. The predicted octanol–water partition coefficient (Wildman–Crippen LogP) is 1.52. The first-order valence-corrected chi connectivity index (χ1v) is 10.2. The van der Waals surface area contributed by atoms with Crippen LogP contribution in [0.15, 0.2) is 36.4 Å². The molecule has 4 rings (SSSR count). The molecule has 1 aromatic carbocycles. The van der Waals surface area contributed by atoms with Crippen molar-refractivity contribution in [2.24, 2.45) is 11.3 Å².